The van der Waals surface area contributed by atoms with Crippen molar-refractivity contribution in [3.05, 3.63) is 12.2 Å². The van der Waals surface area contributed by atoms with Gasteiger partial charge in [0.2, 0.25) is 0 Å². The average molecular weight is 483 g/mol. The molecule has 1 nitrogen and oxygen atoms in total. The van der Waals surface area contributed by atoms with Crippen molar-refractivity contribution in [1.82, 2.24) is 0 Å². The Labute approximate surface area is 218 Å². The second-order valence-electron chi connectivity index (χ2n) is 16.1. The Kier molecular flexibility index (Phi) is 6.09. The first kappa shape index (κ1) is 26.3. The molecule has 2 spiro atoms. The van der Waals surface area contributed by atoms with Gasteiger partial charge in [-0.2, -0.15) is 0 Å². The highest BCUT2D eigenvalue weighted by Crippen LogP contribution is 2.89. The molecule has 0 aliphatic heterocycles. The van der Waals surface area contributed by atoms with Crippen LogP contribution in [0, 0.1) is 56.2 Å². The van der Waals surface area contributed by atoms with E-state index in [1.54, 1.807) is 6.42 Å². The van der Waals surface area contributed by atoms with Crippen LogP contribution < -0.4 is 0 Å². The highest BCUT2D eigenvalue weighted by Gasteiger charge is 2.82. The minimum atomic E-state index is 0.287. The lowest BCUT2D eigenvalue weighted by molar-refractivity contribution is -0.166. The van der Waals surface area contributed by atoms with E-state index in [9.17, 15) is 0 Å². The van der Waals surface area contributed by atoms with Crippen LogP contribution in [-0.4, -0.2) is 13.2 Å². The molecule has 200 valence electrons. The summed E-state index contributed by atoms with van der Waals surface area (Å²) in [6.07, 6.45) is 17.5. The van der Waals surface area contributed by atoms with Gasteiger partial charge >= 0.3 is 0 Å². The van der Waals surface area contributed by atoms with Gasteiger partial charge in [0.05, 0.1) is 6.10 Å². The molecule has 0 saturated heterocycles. The summed E-state index contributed by atoms with van der Waals surface area (Å²) in [5.41, 5.74) is 4.45. The van der Waals surface area contributed by atoms with Crippen molar-refractivity contribution in [3.8, 4) is 0 Å². The van der Waals surface area contributed by atoms with Crippen LogP contribution in [0.15, 0.2) is 12.2 Å². The molecule has 5 rings (SSSR count). The van der Waals surface area contributed by atoms with E-state index in [2.05, 4.69) is 62.0 Å². The van der Waals surface area contributed by atoms with Gasteiger partial charge in [0, 0.05) is 7.11 Å². The molecule has 5 fully saturated rings. The fourth-order valence-corrected chi connectivity index (χ4v) is 12.2. The SMILES string of the molecule is C=C(CC)C(C)(C)CCC(C)C1CCC2(C)C3CCC4C(C)(C)C(OC)CCC45CC35CCC12C. The number of fused-ring (bicyclic) bond motifs is 2. The molecular formula is C34H58O. The summed E-state index contributed by atoms with van der Waals surface area (Å²) in [5.74, 6) is 3.58. The van der Waals surface area contributed by atoms with E-state index < -0.39 is 0 Å². The Hall–Kier alpha value is -0.300. The second kappa shape index (κ2) is 8.10. The quantitative estimate of drug-likeness (QED) is 0.328. The standard InChI is InChI=1S/C34H58O/c1-11-24(3)29(4,5)17-14-23(2)25-15-18-32(9)27-13-12-26-30(6,7)28(35-10)16-19-33(26)22-34(27,33)21-20-31(25,32)8/h23,25-28H,3,11-22H2,1-2,4-10H3. The zero-order valence-corrected chi connectivity index (χ0v) is 25.0. The van der Waals surface area contributed by atoms with Crippen LogP contribution in [0.25, 0.3) is 0 Å². The van der Waals surface area contributed by atoms with Crippen LogP contribution in [0.1, 0.15) is 132 Å². The number of rotatable bonds is 7. The molecule has 0 heterocycles. The maximum atomic E-state index is 6.06. The largest absolute Gasteiger partial charge is 0.381 e. The maximum absolute atomic E-state index is 6.06. The normalized spacial score (nSPS) is 48.8. The lowest BCUT2D eigenvalue weighted by Crippen LogP contribution is -2.57. The summed E-state index contributed by atoms with van der Waals surface area (Å²) in [6.45, 7) is 24.8. The van der Waals surface area contributed by atoms with Crippen molar-refractivity contribution in [2.45, 2.75) is 139 Å². The number of ether oxygens (including phenoxy) is 1. The summed E-state index contributed by atoms with van der Waals surface area (Å²) in [6, 6.07) is 0. The van der Waals surface area contributed by atoms with E-state index in [0.717, 1.165) is 30.1 Å². The highest BCUT2D eigenvalue weighted by molar-refractivity contribution is 5.30. The summed E-state index contributed by atoms with van der Waals surface area (Å²) < 4.78 is 6.06. The summed E-state index contributed by atoms with van der Waals surface area (Å²) in [4.78, 5) is 0. The molecule has 0 N–H and O–H groups in total. The lowest BCUT2D eigenvalue weighted by atomic mass is 9.41. The second-order valence-corrected chi connectivity index (χ2v) is 16.1. The first-order valence-electron chi connectivity index (χ1n) is 15.5. The number of hydrogen-bond donors (Lipinski definition) is 0. The molecule has 9 atom stereocenters. The fourth-order valence-electron chi connectivity index (χ4n) is 12.2. The molecule has 5 saturated carbocycles. The van der Waals surface area contributed by atoms with Gasteiger partial charge in [-0.3, -0.25) is 0 Å². The van der Waals surface area contributed by atoms with E-state index >= 15 is 0 Å². The Morgan fingerprint density at radius 3 is 2.23 bits per heavy atom. The zero-order chi connectivity index (χ0) is 25.7. The average Bonchev–Trinajstić information content (AvgIpc) is 3.39. The van der Waals surface area contributed by atoms with Crippen molar-refractivity contribution in [1.29, 1.82) is 0 Å². The van der Waals surface area contributed by atoms with E-state index in [0.29, 0.717) is 33.2 Å². The molecule has 5 aliphatic carbocycles. The third-order valence-corrected chi connectivity index (χ3v) is 14.7. The third-order valence-electron chi connectivity index (χ3n) is 14.7. The molecule has 0 aromatic carbocycles. The Balaban J connectivity index is 1.36. The summed E-state index contributed by atoms with van der Waals surface area (Å²) in [5, 5.41) is 0. The van der Waals surface area contributed by atoms with E-state index in [4.69, 9.17) is 4.74 Å². The van der Waals surface area contributed by atoms with Gasteiger partial charge < -0.3 is 4.74 Å². The van der Waals surface area contributed by atoms with Gasteiger partial charge in [0.1, 0.15) is 0 Å². The minimum absolute atomic E-state index is 0.287. The molecule has 0 amide bonds. The Morgan fingerprint density at radius 2 is 1.57 bits per heavy atom. The van der Waals surface area contributed by atoms with Crippen LogP contribution in [0.3, 0.4) is 0 Å². The molecule has 0 aromatic heterocycles. The Bertz CT molecular complexity index is 853. The molecule has 0 aromatic rings. The van der Waals surface area contributed by atoms with Crippen molar-refractivity contribution in [3.63, 3.8) is 0 Å². The smallest absolute Gasteiger partial charge is 0.0625 e. The fraction of sp³-hybridized carbons (Fsp3) is 0.941. The topological polar surface area (TPSA) is 9.23 Å². The summed E-state index contributed by atoms with van der Waals surface area (Å²) in [7, 11) is 1.96. The van der Waals surface area contributed by atoms with Gasteiger partial charge in [-0.05, 0) is 133 Å². The molecular weight excluding hydrogens is 424 g/mol. The van der Waals surface area contributed by atoms with E-state index in [1.807, 2.05) is 7.11 Å². The van der Waals surface area contributed by atoms with Gasteiger partial charge in [-0.25, -0.2) is 0 Å². The molecule has 5 aliphatic rings. The predicted molar refractivity (Wildman–Crippen MR) is 149 cm³/mol. The highest BCUT2D eigenvalue weighted by atomic mass is 16.5. The first-order valence-corrected chi connectivity index (χ1v) is 15.5. The van der Waals surface area contributed by atoms with E-state index in [1.165, 1.54) is 69.8 Å². The van der Waals surface area contributed by atoms with Crippen LogP contribution in [-0.2, 0) is 4.74 Å². The summed E-state index contributed by atoms with van der Waals surface area (Å²) >= 11 is 0. The number of allylic oxidation sites excluding steroid dienone is 1. The van der Waals surface area contributed by atoms with Gasteiger partial charge in [-0.15, -0.1) is 0 Å². The van der Waals surface area contributed by atoms with E-state index in [-0.39, 0.29) is 5.41 Å². The molecule has 35 heavy (non-hydrogen) atoms. The van der Waals surface area contributed by atoms with Gasteiger partial charge in [-0.1, -0.05) is 67.5 Å². The third kappa shape index (κ3) is 3.27. The molecule has 0 radical (unpaired) electrons. The molecule has 1 heteroatoms. The van der Waals surface area contributed by atoms with Crippen molar-refractivity contribution in [2.75, 3.05) is 7.11 Å². The predicted octanol–water partition coefficient (Wildman–Crippen LogP) is 9.85. The van der Waals surface area contributed by atoms with Crippen LogP contribution in [0.5, 0.6) is 0 Å². The van der Waals surface area contributed by atoms with Gasteiger partial charge in [0.15, 0.2) is 0 Å². The van der Waals surface area contributed by atoms with Crippen molar-refractivity contribution >= 4 is 0 Å². The molecule has 0 bridgehead atoms. The number of hydrogen-bond acceptors (Lipinski definition) is 1. The monoisotopic (exact) mass is 482 g/mol. The Morgan fingerprint density at radius 1 is 0.914 bits per heavy atom. The lowest BCUT2D eigenvalue weighted by Gasteiger charge is -2.63. The zero-order valence-electron chi connectivity index (χ0n) is 25.0. The van der Waals surface area contributed by atoms with Gasteiger partial charge in [0.25, 0.3) is 0 Å². The van der Waals surface area contributed by atoms with Crippen molar-refractivity contribution in [2.24, 2.45) is 56.2 Å². The maximum Gasteiger partial charge on any atom is 0.0625 e. The van der Waals surface area contributed by atoms with Crippen molar-refractivity contribution < 1.29 is 4.74 Å². The van der Waals surface area contributed by atoms with Crippen LogP contribution in [0.4, 0.5) is 0 Å². The molecule has 9 unspecified atom stereocenters. The first-order chi connectivity index (χ1) is 16.3. The number of methoxy groups -OCH3 is 1. The van der Waals surface area contributed by atoms with Crippen LogP contribution in [0.2, 0.25) is 0 Å². The minimum Gasteiger partial charge on any atom is -0.381 e. The van der Waals surface area contributed by atoms with Crippen LogP contribution >= 0.6 is 0 Å².